The maximum Gasteiger partial charge on any atom is 0.253 e. The zero-order chi connectivity index (χ0) is 22.8. The number of piperidine rings is 1. The average molecular weight is 445 g/mol. The molecule has 0 aliphatic carbocycles. The highest BCUT2D eigenvalue weighted by molar-refractivity contribution is 5.95. The highest BCUT2D eigenvalue weighted by Crippen LogP contribution is 2.39. The summed E-state index contributed by atoms with van der Waals surface area (Å²) < 4.78 is 20.1. The number of hydrogen-bond acceptors (Lipinski definition) is 4. The fourth-order valence-electron chi connectivity index (χ4n) is 5.03. The number of carbonyl (C=O) groups is 2. The van der Waals surface area contributed by atoms with Gasteiger partial charge in [0, 0.05) is 48.3 Å². The molecule has 1 aromatic heterocycles. The van der Waals surface area contributed by atoms with Gasteiger partial charge in [0.1, 0.15) is 12.4 Å². The van der Waals surface area contributed by atoms with Crippen molar-refractivity contribution in [1.82, 2.24) is 9.88 Å². The van der Waals surface area contributed by atoms with E-state index < -0.39 is 5.95 Å². The van der Waals surface area contributed by atoms with Gasteiger partial charge >= 0.3 is 0 Å². The summed E-state index contributed by atoms with van der Waals surface area (Å²) in [7, 11) is 0. The second-order valence-electron chi connectivity index (χ2n) is 8.73. The van der Waals surface area contributed by atoms with E-state index in [0.29, 0.717) is 36.4 Å². The second kappa shape index (κ2) is 9.14. The van der Waals surface area contributed by atoms with Gasteiger partial charge in [-0.05, 0) is 48.6 Å². The molecule has 5 nitrogen and oxygen atoms in total. The molecule has 33 heavy (non-hydrogen) atoms. The smallest absolute Gasteiger partial charge is 0.253 e. The van der Waals surface area contributed by atoms with Gasteiger partial charge in [0.2, 0.25) is 5.95 Å². The van der Waals surface area contributed by atoms with Gasteiger partial charge in [0.25, 0.3) is 5.91 Å². The third-order valence-corrected chi connectivity index (χ3v) is 6.66. The zero-order valence-electron chi connectivity index (χ0n) is 18.2. The van der Waals surface area contributed by atoms with E-state index in [4.69, 9.17) is 4.74 Å². The van der Waals surface area contributed by atoms with E-state index in [1.165, 1.54) is 6.20 Å². The van der Waals surface area contributed by atoms with Crippen molar-refractivity contribution >= 4 is 11.7 Å². The van der Waals surface area contributed by atoms with Crippen LogP contribution in [0.25, 0.3) is 0 Å². The minimum Gasteiger partial charge on any atom is -0.486 e. The fraction of sp³-hybridized carbons (Fsp3) is 0.296. The van der Waals surface area contributed by atoms with Gasteiger partial charge in [-0.15, -0.1) is 0 Å². The molecule has 0 spiro atoms. The molecule has 0 radical (unpaired) electrons. The van der Waals surface area contributed by atoms with E-state index in [-0.39, 0.29) is 30.1 Å². The van der Waals surface area contributed by atoms with Crippen LogP contribution in [0.5, 0.6) is 5.75 Å². The first-order chi connectivity index (χ1) is 16.1. The maximum atomic E-state index is 14.7. The molecule has 1 saturated heterocycles. The molecule has 1 unspecified atom stereocenters. The molecule has 0 saturated carbocycles. The van der Waals surface area contributed by atoms with Gasteiger partial charge < -0.3 is 9.64 Å². The van der Waals surface area contributed by atoms with Crippen molar-refractivity contribution in [2.45, 2.75) is 25.2 Å². The molecule has 5 rings (SSSR count). The van der Waals surface area contributed by atoms with Crippen molar-refractivity contribution in [2.75, 3.05) is 19.7 Å². The molecule has 3 heterocycles. The molecule has 0 N–H and O–H groups in total. The predicted molar refractivity (Wildman–Crippen MR) is 122 cm³/mol. The number of rotatable bonds is 4. The van der Waals surface area contributed by atoms with Gasteiger partial charge in [-0.3, -0.25) is 9.59 Å². The van der Waals surface area contributed by atoms with Gasteiger partial charge in [-0.2, -0.15) is 4.39 Å². The molecule has 3 aromatic rings. The Morgan fingerprint density at radius 3 is 2.61 bits per heavy atom. The number of nitrogens with zero attached hydrogens (tertiary/aromatic N) is 2. The van der Waals surface area contributed by atoms with Crippen molar-refractivity contribution in [3.8, 4) is 5.75 Å². The average Bonchev–Trinajstić information content (AvgIpc) is 2.85. The monoisotopic (exact) mass is 444 g/mol. The summed E-state index contributed by atoms with van der Waals surface area (Å²) in [5, 5.41) is 0. The number of likely N-dealkylation sites (tertiary alicyclic amines) is 1. The lowest BCUT2D eigenvalue weighted by Crippen LogP contribution is -2.40. The summed E-state index contributed by atoms with van der Waals surface area (Å²) in [5.41, 5.74) is 3.01. The van der Waals surface area contributed by atoms with E-state index in [1.807, 2.05) is 41.3 Å². The number of aromatic nitrogens is 1. The van der Waals surface area contributed by atoms with E-state index in [0.717, 1.165) is 24.0 Å². The van der Waals surface area contributed by atoms with Crippen LogP contribution in [-0.4, -0.2) is 41.3 Å². The van der Waals surface area contributed by atoms with Crippen molar-refractivity contribution in [3.63, 3.8) is 0 Å². The highest BCUT2D eigenvalue weighted by atomic mass is 19.1. The van der Waals surface area contributed by atoms with E-state index >= 15 is 0 Å². The van der Waals surface area contributed by atoms with Gasteiger partial charge in [0.05, 0.1) is 0 Å². The fourth-order valence-corrected chi connectivity index (χ4v) is 5.03. The van der Waals surface area contributed by atoms with Crippen LogP contribution >= 0.6 is 0 Å². The van der Waals surface area contributed by atoms with Crippen molar-refractivity contribution in [2.24, 2.45) is 5.92 Å². The molecular formula is C27H25FN2O3. The number of Topliss-reactive ketones (excluding diaryl/α,β-unsaturated/α-hetero) is 1. The Bertz CT molecular complexity index is 1170. The molecule has 1 atom stereocenters. The van der Waals surface area contributed by atoms with Crippen molar-refractivity contribution < 1.29 is 18.7 Å². The molecule has 0 bridgehead atoms. The Hall–Kier alpha value is -3.54. The largest absolute Gasteiger partial charge is 0.486 e. The molecule has 6 heteroatoms. The van der Waals surface area contributed by atoms with Crippen LogP contribution in [0.3, 0.4) is 0 Å². The summed E-state index contributed by atoms with van der Waals surface area (Å²) >= 11 is 0. The summed E-state index contributed by atoms with van der Waals surface area (Å²) in [6.07, 6.45) is 3.31. The molecular weight excluding hydrogens is 419 g/mol. The molecule has 1 fully saturated rings. The Morgan fingerprint density at radius 1 is 1.06 bits per heavy atom. The highest BCUT2D eigenvalue weighted by Gasteiger charge is 2.32. The molecule has 2 aliphatic rings. The SMILES string of the molecule is O=C1COc2ccc(C(=O)N3CCC(C(c4ccccc4)c4cccnc4F)CC3)cc2C1. The third kappa shape index (κ3) is 4.38. The number of pyridine rings is 1. The minimum absolute atomic E-state index is 0.0162. The lowest BCUT2D eigenvalue weighted by Gasteiger charge is -2.36. The number of hydrogen-bond donors (Lipinski definition) is 0. The predicted octanol–water partition coefficient (Wildman–Crippen LogP) is 4.41. The number of fused-ring (bicyclic) bond motifs is 1. The molecule has 2 aromatic carbocycles. The van der Waals surface area contributed by atoms with E-state index in [9.17, 15) is 14.0 Å². The number of carbonyl (C=O) groups excluding carboxylic acids is 2. The quantitative estimate of drug-likeness (QED) is 0.560. The summed E-state index contributed by atoms with van der Waals surface area (Å²) in [6, 6.07) is 18.9. The van der Waals surface area contributed by atoms with Crippen LogP contribution in [-0.2, 0) is 11.2 Å². The van der Waals surface area contributed by atoms with Gasteiger partial charge in [-0.25, -0.2) is 4.98 Å². The number of ether oxygens (including phenoxy) is 1. The van der Waals surface area contributed by atoms with Gasteiger partial charge in [-0.1, -0.05) is 36.4 Å². The van der Waals surface area contributed by atoms with Crippen LogP contribution in [0.1, 0.15) is 45.8 Å². The minimum atomic E-state index is -0.435. The maximum absolute atomic E-state index is 14.7. The van der Waals surface area contributed by atoms with E-state index in [1.54, 1.807) is 24.3 Å². The van der Waals surface area contributed by atoms with Crippen LogP contribution in [0.2, 0.25) is 0 Å². The second-order valence-corrected chi connectivity index (χ2v) is 8.73. The zero-order valence-corrected chi connectivity index (χ0v) is 18.2. The van der Waals surface area contributed by atoms with Gasteiger partial charge in [0.15, 0.2) is 5.78 Å². The topological polar surface area (TPSA) is 59.5 Å². The first-order valence-corrected chi connectivity index (χ1v) is 11.3. The number of amides is 1. The summed E-state index contributed by atoms with van der Waals surface area (Å²) in [5.74, 6) is 0.305. The Balaban J connectivity index is 1.33. The molecule has 2 aliphatic heterocycles. The Labute approximate surface area is 192 Å². The standard InChI is InChI=1S/C27H25FN2O3/c28-26-23(7-4-12-29-26)25(18-5-2-1-3-6-18)19-10-13-30(14-11-19)27(32)20-8-9-24-21(15-20)16-22(31)17-33-24/h1-9,12,15,19,25H,10-11,13-14,16-17H2. The van der Waals surface area contributed by atoms with Crippen molar-refractivity contribution in [3.05, 3.63) is 95.1 Å². The Kier molecular flexibility index (Phi) is 5.90. The number of halogens is 1. The lowest BCUT2D eigenvalue weighted by molar-refractivity contribution is -0.121. The lowest BCUT2D eigenvalue weighted by atomic mass is 9.76. The first-order valence-electron chi connectivity index (χ1n) is 11.3. The van der Waals surface area contributed by atoms with Crippen LogP contribution in [0.15, 0.2) is 66.9 Å². The molecule has 168 valence electrons. The van der Waals surface area contributed by atoms with Crippen LogP contribution < -0.4 is 4.74 Å². The Morgan fingerprint density at radius 2 is 1.85 bits per heavy atom. The van der Waals surface area contributed by atoms with Crippen LogP contribution in [0, 0.1) is 11.9 Å². The van der Waals surface area contributed by atoms with E-state index in [2.05, 4.69) is 4.98 Å². The number of ketones is 1. The third-order valence-electron chi connectivity index (χ3n) is 6.66. The first kappa shape index (κ1) is 21.3. The normalized spacial score (nSPS) is 17.2. The summed E-state index contributed by atoms with van der Waals surface area (Å²) in [4.78, 5) is 30.6. The molecule has 1 amide bonds. The van der Waals surface area contributed by atoms with Crippen LogP contribution in [0.4, 0.5) is 4.39 Å². The van der Waals surface area contributed by atoms with Crippen molar-refractivity contribution in [1.29, 1.82) is 0 Å². The number of benzene rings is 2. The summed E-state index contributed by atoms with van der Waals surface area (Å²) in [6.45, 7) is 1.29.